The molecule has 0 aliphatic heterocycles. The van der Waals surface area contributed by atoms with E-state index in [1.807, 2.05) is 54.6 Å². The molecule has 3 aromatic rings. The van der Waals surface area contributed by atoms with Gasteiger partial charge in [-0.25, -0.2) is 4.98 Å². The number of fused-ring (bicyclic) bond motifs is 1. The van der Waals surface area contributed by atoms with E-state index in [0.717, 1.165) is 17.3 Å². The van der Waals surface area contributed by atoms with Crippen LogP contribution in [0.25, 0.3) is 11.0 Å². The molecule has 0 spiro atoms. The standard InChI is InChI=1S/C16H14N4OS.ClH/c17-16(18)22-14(10-6-2-1-3-7-10)13-15(21)20-12-9-5-4-8-11(12)19-13;/h1-9,14H,(H3,17,18)(H,20,21);1H. The number of nitrogens with one attached hydrogen (secondary N) is 2. The van der Waals surface area contributed by atoms with Gasteiger partial charge >= 0.3 is 0 Å². The molecule has 1 aromatic heterocycles. The predicted octanol–water partition coefficient (Wildman–Crippen LogP) is 3.06. The van der Waals surface area contributed by atoms with Gasteiger partial charge in [0.2, 0.25) is 0 Å². The van der Waals surface area contributed by atoms with E-state index in [-0.39, 0.29) is 23.1 Å². The summed E-state index contributed by atoms with van der Waals surface area (Å²) in [7, 11) is 0. The molecule has 5 nitrogen and oxygen atoms in total. The summed E-state index contributed by atoms with van der Waals surface area (Å²) in [6, 6.07) is 16.8. The monoisotopic (exact) mass is 346 g/mol. The molecule has 0 amide bonds. The third kappa shape index (κ3) is 3.72. The number of benzene rings is 2. The van der Waals surface area contributed by atoms with Gasteiger partial charge in [0.15, 0.2) is 5.17 Å². The summed E-state index contributed by atoms with van der Waals surface area (Å²) in [4.78, 5) is 19.7. The average molecular weight is 347 g/mol. The molecule has 2 aromatic carbocycles. The number of para-hydroxylation sites is 2. The number of hydrogen-bond acceptors (Lipinski definition) is 4. The molecule has 0 aliphatic rings. The third-order valence-electron chi connectivity index (χ3n) is 3.22. The maximum absolute atomic E-state index is 12.4. The van der Waals surface area contributed by atoms with Gasteiger partial charge in [0.1, 0.15) is 5.69 Å². The number of rotatable bonds is 3. The molecule has 0 aliphatic carbocycles. The molecule has 0 radical (unpaired) electrons. The van der Waals surface area contributed by atoms with E-state index in [1.54, 1.807) is 0 Å². The minimum absolute atomic E-state index is 0. The number of nitrogens with zero attached hydrogens (tertiary/aromatic N) is 1. The lowest BCUT2D eigenvalue weighted by molar-refractivity contribution is 1.01. The minimum atomic E-state index is -0.410. The zero-order valence-electron chi connectivity index (χ0n) is 12.0. The summed E-state index contributed by atoms with van der Waals surface area (Å²) in [5.41, 5.74) is 7.91. The van der Waals surface area contributed by atoms with Gasteiger partial charge in [-0.2, -0.15) is 0 Å². The van der Waals surface area contributed by atoms with E-state index in [1.165, 1.54) is 0 Å². The molecule has 0 bridgehead atoms. The van der Waals surface area contributed by atoms with Crippen molar-refractivity contribution < 1.29 is 0 Å². The first-order valence-corrected chi connectivity index (χ1v) is 7.57. The van der Waals surface area contributed by atoms with Gasteiger partial charge in [0, 0.05) is 0 Å². The van der Waals surface area contributed by atoms with Crippen molar-refractivity contribution in [2.75, 3.05) is 0 Å². The molecule has 0 fully saturated rings. The highest BCUT2D eigenvalue weighted by Gasteiger charge is 2.21. The second-order valence-electron chi connectivity index (χ2n) is 4.74. The number of H-pyrrole nitrogens is 1. The fraction of sp³-hybridized carbons (Fsp3) is 0.0625. The SMILES string of the molecule is Cl.N=C(N)SC(c1ccccc1)c1nc2ccccc2[nH]c1=O. The summed E-state index contributed by atoms with van der Waals surface area (Å²) < 4.78 is 0. The third-order valence-corrected chi connectivity index (χ3v) is 4.21. The summed E-state index contributed by atoms with van der Waals surface area (Å²) in [5, 5.41) is 7.09. The molecule has 1 unspecified atom stereocenters. The van der Waals surface area contributed by atoms with Gasteiger partial charge in [-0.15, -0.1) is 12.4 Å². The van der Waals surface area contributed by atoms with E-state index in [4.69, 9.17) is 11.1 Å². The van der Waals surface area contributed by atoms with Crippen LogP contribution >= 0.6 is 24.2 Å². The first kappa shape index (κ1) is 17.1. The van der Waals surface area contributed by atoms with Crippen LogP contribution in [0.15, 0.2) is 59.4 Å². The van der Waals surface area contributed by atoms with Crippen LogP contribution in [0.2, 0.25) is 0 Å². The Hall–Kier alpha value is -2.31. The normalized spacial score (nSPS) is 11.7. The van der Waals surface area contributed by atoms with Crippen molar-refractivity contribution in [1.82, 2.24) is 9.97 Å². The lowest BCUT2D eigenvalue weighted by atomic mass is 10.1. The van der Waals surface area contributed by atoms with Crippen molar-refractivity contribution in [2.24, 2.45) is 5.73 Å². The molecule has 118 valence electrons. The fourth-order valence-electron chi connectivity index (χ4n) is 2.26. The molecule has 4 N–H and O–H groups in total. The quantitative estimate of drug-likeness (QED) is 0.501. The second kappa shape index (κ2) is 7.30. The molecular formula is C16H15ClN4OS. The first-order valence-electron chi connectivity index (χ1n) is 6.70. The van der Waals surface area contributed by atoms with Crippen LogP contribution in [0.3, 0.4) is 0 Å². The minimum Gasteiger partial charge on any atom is -0.379 e. The molecule has 1 heterocycles. The molecule has 23 heavy (non-hydrogen) atoms. The van der Waals surface area contributed by atoms with Gasteiger partial charge in [0.25, 0.3) is 5.56 Å². The molecule has 0 saturated carbocycles. The van der Waals surface area contributed by atoms with Crippen LogP contribution in [-0.4, -0.2) is 15.1 Å². The Balaban J connectivity index is 0.00000192. The van der Waals surface area contributed by atoms with Crippen molar-refractivity contribution in [2.45, 2.75) is 5.25 Å². The highest BCUT2D eigenvalue weighted by Crippen LogP contribution is 2.32. The molecule has 7 heteroatoms. The molecule has 1 atom stereocenters. The lowest BCUT2D eigenvalue weighted by Crippen LogP contribution is -2.20. The number of thioether (sulfide) groups is 1. The van der Waals surface area contributed by atoms with Crippen LogP contribution in [0.1, 0.15) is 16.5 Å². The van der Waals surface area contributed by atoms with Crippen LogP contribution in [-0.2, 0) is 0 Å². The Labute approximate surface area is 143 Å². The topological polar surface area (TPSA) is 95.6 Å². The van der Waals surface area contributed by atoms with Gasteiger partial charge in [-0.3, -0.25) is 10.2 Å². The number of aromatic amines is 1. The average Bonchev–Trinajstić information content (AvgIpc) is 2.53. The Morgan fingerprint density at radius 1 is 1.13 bits per heavy atom. The van der Waals surface area contributed by atoms with Crippen molar-refractivity contribution in [3.63, 3.8) is 0 Å². The largest absolute Gasteiger partial charge is 0.379 e. The number of nitrogens with two attached hydrogens (primary N) is 1. The number of halogens is 1. The maximum atomic E-state index is 12.4. The second-order valence-corrected chi connectivity index (χ2v) is 5.89. The summed E-state index contributed by atoms with van der Waals surface area (Å²) in [5.74, 6) is 0. The smallest absolute Gasteiger partial charge is 0.271 e. The summed E-state index contributed by atoms with van der Waals surface area (Å²) in [6.45, 7) is 0. The van der Waals surface area contributed by atoms with Crippen molar-refractivity contribution in [3.8, 4) is 0 Å². The zero-order chi connectivity index (χ0) is 15.5. The van der Waals surface area contributed by atoms with Crippen molar-refractivity contribution >= 4 is 40.4 Å². The van der Waals surface area contributed by atoms with Gasteiger partial charge in [-0.1, -0.05) is 54.2 Å². The van der Waals surface area contributed by atoms with Gasteiger partial charge < -0.3 is 10.7 Å². The number of hydrogen-bond donors (Lipinski definition) is 3. The summed E-state index contributed by atoms with van der Waals surface area (Å²) in [6.07, 6.45) is 0. The van der Waals surface area contributed by atoms with E-state index >= 15 is 0 Å². The van der Waals surface area contributed by atoms with Gasteiger partial charge in [-0.05, 0) is 17.7 Å². The van der Waals surface area contributed by atoms with Crippen LogP contribution in [0.5, 0.6) is 0 Å². The zero-order valence-corrected chi connectivity index (χ0v) is 13.7. The van der Waals surface area contributed by atoms with Crippen LogP contribution in [0.4, 0.5) is 0 Å². The predicted molar refractivity (Wildman–Crippen MR) is 97.4 cm³/mol. The van der Waals surface area contributed by atoms with Crippen molar-refractivity contribution in [1.29, 1.82) is 5.41 Å². The van der Waals surface area contributed by atoms with Crippen LogP contribution in [0, 0.1) is 5.41 Å². The Kier molecular flexibility index (Phi) is 5.41. The number of amidine groups is 1. The lowest BCUT2D eigenvalue weighted by Gasteiger charge is -2.15. The molecular weight excluding hydrogens is 332 g/mol. The maximum Gasteiger partial charge on any atom is 0.271 e. The Morgan fingerprint density at radius 3 is 2.48 bits per heavy atom. The fourth-order valence-corrected chi connectivity index (χ4v) is 3.08. The molecule has 0 saturated heterocycles. The highest BCUT2D eigenvalue weighted by atomic mass is 35.5. The van der Waals surface area contributed by atoms with E-state index < -0.39 is 5.25 Å². The number of aromatic nitrogens is 2. The first-order chi connectivity index (χ1) is 10.6. The van der Waals surface area contributed by atoms with Crippen molar-refractivity contribution in [3.05, 3.63) is 76.2 Å². The summed E-state index contributed by atoms with van der Waals surface area (Å²) >= 11 is 1.11. The van der Waals surface area contributed by atoms with Gasteiger partial charge in [0.05, 0.1) is 16.3 Å². The van der Waals surface area contributed by atoms with Crippen LogP contribution < -0.4 is 11.3 Å². The van der Waals surface area contributed by atoms with E-state index in [2.05, 4.69) is 9.97 Å². The molecule has 3 rings (SSSR count). The Bertz CT molecular complexity index is 882. The van der Waals surface area contributed by atoms with E-state index in [9.17, 15) is 4.79 Å². The van der Waals surface area contributed by atoms with E-state index in [0.29, 0.717) is 16.7 Å². The highest BCUT2D eigenvalue weighted by molar-refractivity contribution is 8.14. The Morgan fingerprint density at radius 2 is 1.78 bits per heavy atom.